The van der Waals surface area contributed by atoms with Crippen LogP contribution in [0, 0.1) is 0 Å². The van der Waals surface area contributed by atoms with Crippen LogP contribution in [0.15, 0.2) is 18.2 Å². The Morgan fingerprint density at radius 1 is 1.12 bits per heavy atom. The van der Waals surface area contributed by atoms with Gasteiger partial charge in [0.05, 0.1) is 14.2 Å². The smallest absolute Gasteiger partial charge is 0.328 e. The fourth-order valence-electron chi connectivity index (χ4n) is 2.47. The van der Waals surface area contributed by atoms with Gasteiger partial charge in [0.1, 0.15) is 6.04 Å². The number of rotatable bonds is 8. The van der Waals surface area contributed by atoms with Crippen molar-refractivity contribution in [1.82, 2.24) is 5.32 Å². The van der Waals surface area contributed by atoms with Crippen LogP contribution in [0.4, 0.5) is 5.69 Å². The van der Waals surface area contributed by atoms with Crippen LogP contribution in [0.1, 0.15) is 37.8 Å². The molecule has 7 heteroatoms. The van der Waals surface area contributed by atoms with Gasteiger partial charge in [0.2, 0.25) is 0 Å². The molecule has 25 heavy (non-hydrogen) atoms. The molecule has 138 valence electrons. The Morgan fingerprint density at radius 2 is 1.72 bits per heavy atom. The molecular weight excluding hydrogens is 340 g/mol. The van der Waals surface area contributed by atoms with E-state index in [9.17, 15) is 9.59 Å². The van der Waals surface area contributed by atoms with E-state index >= 15 is 0 Å². The summed E-state index contributed by atoms with van der Waals surface area (Å²) in [6, 6.07) is 5.38. The molecule has 0 radical (unpaired) electrons. The molecule has 0 fully saturated rings. The summed E-state index contributed by atoms with van der Waals surface area (Å²) in [6.45, 7) is 4.15. The molecule has 0 aliphatic carbocycles. The molecule has 1 rings (SSSR count). The normalized spacial score (nSPS) is 11.4. The van der Waals surface area contributed by atoms with Crippen molar-refractivity contribution in [3.63, 3.8) is 0 Å². The van der Waals surface area contributed by atoms with Crippen molar-refractivity contribution in [2.45, 2.75) is 45.6 Å². The highest BCUT2D eigenvalue weighted by Gasteiger charge is 2.22. The summed E-state index contributed by atoms with van der Waals surface area (Å²) in [5.74, 6) is -0.869. The van der Waals surface area contributed by atoms with E-state index in [1.165, 1.54) is 14.2 Å². The molecule has 0 aliphatic heterocycles. The van der Waals surface area contributed by atoms with Gasteiger partial charge in [-0.15, -0.1) is 0 Å². The van der Waals surface area contributed by atoms with Crippen LogP contribution < -0.4 is 10.6 Å². The van der Waals surface area contributed by atoms with E-state index in [2.05, 4.69) is 29.2 Å². The number of benzene rings is 1. The highest BCUT2D eigenvalue weighted by Crippen LogP contribution is 2.22. The maximum absolute atomic E-state index is 11.9. The zero-order chi connectivity index (χ0) is 18.8. The van der Waals surface area contributed by atoms with E-state index in [0.29, 0.717) is 5.11 Å². The van der Waals surface area contributed by atoms with Gasteiger partial charge in [-0.1, -0.05) is 32.0 Å². The minimum absolute atomic E-state index is 0.0949. The second-order valence-electron chi connectivity index (χ2n) is 5.45. The van der Waals surface area contributed by atoms with Gasteiger partial charge in [0.15, 0.2) is 5.11 Å². The summed E-state index contributed by atoms with van der Waals surface area (Å²) in [6.07, 6.45) is 2.05. The summed E-state index contributed by atoms with van der Waals surface area (Å²) < 4.78 is 9.39. The summed E-state index contributed by atoms with van der Waals surface area (Å²) in [4.78, 5) is 23.2. The fraction of sp³-hybridized carbons (Fsp3) is 0.500. The van der Waals surface area contributed by atoms with Crippen molar-refractivity contribution >= 4 is 35.0 Å². The van der Waals surface area contributed by atoms with Gasteiger partial charge >= 0.3 is 11.9 Å². The zero-order valence-electron chi connectivity index (χ0n) is 15.2. The van der Waals surface area contributed by atoms with Crippen LogP contribution in [-0.2, 0) is 31.9 Å². The molecule has 0 unspecified atom stereocenters. The van der Waals surface area contributed by atoms with Gasteiger partial charge < -0.3 is 20.1 Å². The van der Waals surface area contributed by atoms with E-state index in [1.807, 2.05) is 18.2 Å². The van der Waals surface area contributed by atoms with E-state index in [1.54, 1.807) is 0 Å². The number of para-hydroxylation sites is 1. The number of nitrogens with one attached hydrogen (secondary N) is 2. The molecular formula is C18H26N2O4S. The predicted octanol–water partition coefficient (Wildman–Crippen LogP) is 2.59. The Kier molecular flexibility index (Phi) is 8.91. The van der Waals surface area contributed by atoms with Gasteiger partial charge in [-0.2, -0.15) is 0 Å². The van der Waals surface area contributed by atoms with Crippen molar-refractivity contribution in [2.24, 2.45) is 0 Å². The Hall–Kier alpha value is -2.15. The van der Waals surface area contributed by atoms with Gasteiger partial charge in [-0.25, -0.2) is 4.79 Å². The second kappa shape index (κ2) is 10.7. The first-order chi connectivity index (χ1) is 12.0. The molecule has 6 nitrogen and oxygen atoms in total. The molecule has 0 saturated carbocycles. The molecule has 0 amide bonds. The third kappa shape index (κ3) is 6.34. The van der Waals surface area contributed by atoms with E-state index in [-0.39, 0.29) is 18.8 Å². The maximum atomic E-state index is 11.9. The highest BCUT2D eigenvalue weighted by atomic mass is 32.1. The first-order valence-corrected chi connectivity index (χ1v) is 8.70. The molecule has 0 saturated heterocycles. The van der Waals surface area contributed by atoms with E-state index in [4.69, 9.17) is 17.0 Å². The SMILES string of the molecule is CCc1cccc(CC)c1NC(=S)N[C@H](CCC(=O)OC)C(=O)OC. The molecule has 0 heterocycles. The lowest BCUT2D eigenvalue weighted by Crippen LogP contribution is -2.44. The van der Waals surface area contributed by atoms with Crippen molar-refractivity contribution in [1.29, 1.82) is 0 Å². The van der Waals surface area contributed by atoms with Crippen LogP contribution in [0.5, 0.6) is 0 Å². The summed E-state index contributed by atoms with van der Waals surface area (Å²) in [5, 5.41) is 6.44. The standard InChI is InChI=1S/C18H26N2O4S/c1-5-12-8-7-9-13(6-2)16(12)20-18(25)19-14(17(22)24-4)10-11-15(21)23-3/h7-9,14H,5-6,10-11H2,1-4H3,(H2,19,20,25)/t14-/m1/s1. The lowest BCUT2D eigenvalue weighted by Gasteiger charge is -2.21. The summed E-state index contributed by atoms with van der Waals surface area (Å²) in [5.41, 5.74) is 3.25. The monoisotopic (exact) mass is 366 g/mol. The third-order valence-electron chi connectivity index (χ3n) is 3.89. The number of thiocarbonyl (C=S) groups is 1. The topological polar surface area (TPSA) is 76.7 Å². The first kappa shape index (κ1) is 20.9. The lowest BCUT2D eigenvalue weighted by molar-refractivity contribution is -0.144. The first-order valence-electron chi connectivity index (χ1n) is 8.29. The Balaban J connectivity index is 2.84. The number of methoxy groups -OCH3 is 2. The second-order valence-corrected chi connectivity index (χ2v) is 5.86. The average Bonchev–Trinajstić information content (AvgIpc) is 2.63. The number of carbonyl (C=O) groups excluding carboxylic acids is 2. The van der Waals surface area contributed by atoms with E-state index in [0.717, 1.165) is 29.7 Å². The summed E-state index contributed by atoms with van der Waals surface area (Å²) in [7, 11) is 2.61. The largest absolute Gasteiger partial charge is 0.469 e. The average molecular weight is 366 g/mol. The van der Waals surface area contributed by atoms with Crippen LogP contribution in [-0.4, -0.2) is 37.3 Å². The van der Waals surface area contributed by atoms with Crippen molar-refractivity contribution < 1.29 is 19.1 Å². The fourth-order valence-corrected chi connectivity index (χ4v) is 2.71. The number of aryl methyl sites for hydroxylation is 2. The number of esters is 2. The predicted molar refractivity (Wildman–Crippen MR) is 102 cm³/mol. The van der Waals surface area contributed by atoms with Gasteiger partial charge in [0, 0.05) is 12.1 Å². The Morgan fingerprint density at radius 3 is 2.20 bits per heavy atom. The third-order valence-corrected chi connectivity index (χ3v) is 4.11. The van der Waals surface area contributed by atoms with Gasteiger partial charge in [-0.3, -0.25) is 4.79 Å². The molecule has 0 spiro atoms. The molecule has 0 aliphatic rings. The minimum Gasteiger partial charge on any atom is -0.469 e. The molecule has 1 aromatic carbocycles. The lowest BCUT2D eigenvalue weighted by atomic mass is 10.0. The molecule has 1 atom stereocenters. The molecule has 2 N–H and O–H groups in total. The molecule has 1 aromatic rings. The van der Waals surface area contributed by atoms with Gasteiger partial charge in [-0.05, 0) is 42.6 Å². The molecule has 0 aromatic heterocycles. The number of ether oxygens (including phenoxy) is 2. The summed E-state index contributed by atoms with van der Waals surface area (Å²) >= 11 is 5.36. The number of anilines is 1. The number of carbonyl (C=O) groups is 2. The van der Waals surface area contributed by atoms with Crippen molar-refractivity contribution in [3.8, 4) is 0 Å². The van der Waals surface area contributed by atoms with Crippen molar-refractivity contribution in [3.05, 3.63) is 29.3 Å². The van der Waals surface area contributed by atoms with Crippen molar-refractivity contribution in [2.75, 3.05) is 19.5 Å². The van der Waals surface area contributed by atoms with Crippen LogP contribution in [0.2, 0.25) is 0 Å². The maximum Gasteiger partial charge on any atom is 0.328 e. The number of hydrogen-bond acceptors (Lipinski definition) is 5. The Bertz CT molecular complexity index is 597. The quantitative estimate of drug-likeness (QED) is 0.541. The minimum atomic E-state index is -0.719. The molecule has 0 bridgehead atoms. The van der Waals surface area contributed by atoms with E-state index < -0.39 is 12.0 Å². The van der Waals surface area contributed by atoms with Gasteiger partial charge in [0.25, 0.3) is 0 Å². The zero-order valence-corrected chi connectivity index (χ0v) is 16.0. The van der Waals surface area contributed by atoms with Crippen LogP contribution >= 0.6 is 12.2 Å². The Labute approximate surface area is 154 Å². The number of hydrogen-bond donors (Lipinski definition) is 2. The van der Waals surface area contributed by atoms with Crippen LogP contribution in [0.3, 0.4) is 0 Å². The highest BCUT2D eigenvalue weighted by molar-refractivity contribution is 7.80. The van der Waals surface area contributed by atoms with Crippen LogP contribution in [0.25, 0.3) is 0 Å².